The number of hydrogen-bond acceptors (Lipinski definition) is 6. The fraction of sp³-hybridized carbons (Fsp3) is 0.0500. The Bertz CT molecular complexity index is 1110. The van der Waals surface area contributed by atoms with Crippen molar-refractivity contribution in [2.75, 3.05) is 12.4 Å². The number of anilines is 2. The van der Waals surface area contributed by atoms with Crippen molar-refractivity contribution in [1.29, 1.82) is 0 Å². The van der Waals surface area contributed by atoms with Crippen LogP contribution in [0.2, 0.25) is 0 Å². The summed E-state index contributed by atoms with van der Waals surface area (Å²) in [6.07, 6.45) is 3.34. The number of fused-ring (bicyclic) bond motifs is 1. The van der Waals surface area contributed by atoms with E-state index in [9.17, 15) is 4.79 Å². The Labute approximate surface area is 149 Å². The van der Waals surface area contributed by atoms with Crippen molar-refractivity contribution in [2.45, 2.75) is 0 Å². The summed E-state index contributed by atoms with van der Waals surface area (Å²) in [5, 5.41) is 3.60. The van der Waals surface area contributed by atoms with E-state index in [1.165, 1.54) is 6.07 Å². The third-order valence-corrected chi connectivity index (χ3v) is 3.93. The van der Waals surface area contributed by atoms with Crippen molar-refractivity contribution in [3.8, 4) is 17.1 Å². The Morgan fingerprint density at radius 2 is 1.77 bits per heavy atom. The van der Waals surface area contributed by atoms with Crippen molar-refractivity contribution >= 4 is 22.6 Å². The van der Waals surface area contributed by atoms with Crippen molar-refractivity contribution in [2.24, 2.45) is 0 Å². The molecule has 0 saturated heterocycles. The third kappa shape index (κ3) is 3.12. The van der Waals surface area contributed by atoms with Crippen LogP contribution in [0.3, 0.4) is 0 Å². The molecular formula is C20H15N3O3. The van der Waals surface area contributed by atoms with Crippen LogP contribution < -0.4 is 15.5 Å². The van der Waals surface area contributed by atoms with Crippen molar-refractivity contribution in [1.82, 2.24) is 9.97 Å². The molecule has 0 spiro atoms. The molecule has 4 aromatic rings. The van der Waals surface area contributed by atoms with Gasteiger partial charge in [-0.1, -0.05) is 0 Å². The molecule has 0 unspecified atom stereocenters. The Morgan fingerprint density at radius 1 is 1.00 bits per heavy atom. The summed E-state index contributed by atoms with van der Waals surface area (Å²) in [7, 11) is 1.56. The van der Waals surface area contributed by atoms with Crippen LogP contribution in [-0.4, -0.2) is 17.1 Å². The van der Waals surface area contributed by atoms with E-state index >= 15 is 0 Å². The zero-order valence-electron chi connectivity index (χ0n) is 14.0. The Morgan fingerprint density at radius 3 is 2.50 bits per heavy atom. The standard InChI is InChI=1S/C20H15N3O3/c1-25-15-7-8-18-16(11-15)17(24)12-19(26-18)13-3-5-14(6-4-13)23-20-21-9-2-10-22-20/h2-12H,1H3,(H,21,22,23). The monoisotopic (exact) mass is 345 g/mol. The van der Waals surface area contributed by atoms with Gasteiger partial charge in [0.15, 0.2) is 5.43 Å². The highest BCUT2D eigenvalue weighted by molar-refractivity contribution is 5.80. The lowest BCUT2D eigenvalue weighted by molar-refractivity contribution is 0.415. The van der Waals surface area contributed by atoms with Crippen LogP contribution in [0, 0.1) is 0 Å². The van der Waals surface area contributed by atoms with E-state index in [-0.39, 0.29) is 5.43 Å². The normalized spacial score (nSPS) is 10.7. The molecule has 6 heteroatoms. The van der Waals surface area contributed by atoms with E-state index in [2.05, 4.69) is 15.3 Å². The van der Waals surface area contributed by atoms with Gasteiger partial charge in [0.2, 0.25) is 5.95 Å². The highest BCUT2D eigenvalue weighted by atomic mass is 16.5. The van der Waals surface area contributed by atoms with Crippen LogP contribution >= 0.6 is 0 Å². The van der Waals surface area contributed by atoms with Crippen LogP contribution in [0.5, 0.6) is 5.75 Å². The molecule has 0 fully saturated rings. The summed E-state index contributed by atoms with van der Waals surface area (Å²) in [5.74, 6) is 1.65. The van der Waals surface area contributed by atoms with Gasteiger partial charge in [-0.3, -0.25) is 4.79 Å². The lowest BCUT2D eigenvalue weighted by atomic mass is 10.1. The van der Waals surface area contributed by atoms with Gasteiger partial charge in [-0.15, -0.1) is 0 Å². The Kier molecular flexibility index (Phi) is 4.07. The number of ether oxygens (including phenoxy) is 1. The SMILES string of the molecule is COc1ccc2oc(-c3ccc(Nc4ncccn4)cc3)cc(=O)c2c1. The largest absolute Gasteiger partial charge is 0.497 e. The molecule has 26 heavy (non-hydrogen) atoms. The minimum atomic E-state index is -0.111. The molecule has 0 aliphatic rings. The second-order valence-electron chi connectivity index (χ2n) is 5.61. The van der Waals surface area contributed by atoms with Crippen molar-refractivity contribution in [3.63, 3.8) is 0 Å². The summed E-state index contributed by atoms with van der Waals surface area (Å²) in [5.41, 5.74) is 2.06. The number of nitrogens with zero attached hydrogens (tertiary/aromatic N) is 2. The molecule has 6 nitrogen and oxygen atoms in total. The first-order valence-electron chi connectivity index (χ1n) is 7.99. The number of aromatic nitrogens is 2. The van der Waals surface area contributed by atoms with Crippen LogP contribution in [-0.2, 0) is 0 Å². The minimum Gasteiger partial charge on any atom is -0.497 e. The number of methoxy groups -OCH3 is 1. The lowest BCUT2D eigenvalue weighted by Crippen LogP contribution is -2.01. The van der Waals surface area contributed by atoms with Gasteiger partial charge in [-0.2, -0.15) is 0 Å². The number of hydrogen-bond donors (Lipinski definition) is 1. The molecule has 0 amide bonds. The minimum absolute atomic E-state index is 0.111. The van der Waals surface area contributed by atoms with E-state index in [1.807, 2.05) is 24.3 Å². The maximum absolute atomic E-state index is 12.4. The molecule has 0 atom stereocenters. The topological polar surface area (TPSA) is 77.2 Å². The molecule has 0 aliphatic carbocycles. The zero-order valence-corrected chi connectivity index (χ0v) is 14.0. The van der Waals surface area contributed by atoms with Gasteiger partial charge in [0, 0.05) is 29.7 Å². The zero-order chi connectivity index (χ0) is 17.9. The summed E-state index contributed by atoms with van der Waals surface area (Å²) in [6, 6.07) is 15.9. The van der Waals surface area contributed by atoms with Gasteiger partial charge in [0.05, 0.1) is 12.5 Å². The molecule has 1 N–H and O–H groups in total. The number of nitrogens with one attached hydrogen (secondary N) is 1. The molecule has 128 valence electrons. The molecule has 0 bridgehead atoms. The van der Waals surface area contributed by atoms with Crippen molar-refractivity contribution in [3.05, 3.63) is 77.2 Å². The highest BCUT2D eigenvalue weighted by Crippen LogP contribution is 2.26. The molecule has 4 rings (SSSR count). The fourth-order valence-corrected chi connectivity index (χ4v) is 2.62. The number of benzene rings is 2. The smallest absolute Gasteiger partial charge is 0.227 e. The van der Waals surface area contributed by atoms with Gasteiger partial charge in [-0.05, 0) is 48.5 Å². The molecule has 2 aromatic heterocycles. The quantitative estimate of drug-likeness (QED) is 0.602. The van der Waals surface area contributed by atoms with Gasteiger partial charge < -0.3 is 14.5 Å². The molecule has 2 aromatic carbocycles. The van der Waals surface area contributed by atoms with Crippen LogP contribution in [0.1, 0.15) is 0 Å². The van der Waals surface area contributed by atoms with Crippen LogP contribution in [0.4, 0.5) is 11.6 Å². The predicted molar refractivity (Wildman–Crippen MR) is 99.8 cm³/mol. The number of rotatable bonds is 4. The maximum Gasteiger partial charge on any atom is 0.227 e. The highest BCUT2D eigenvalue weighted by Gasteiger charge is 2.08. The Hall–Kier alpha value is -3.67. The molecule has 2 heterocycles. The van der Waals surface area contributed by atoms with E-state index in [0.29, 0.717) is 28.4 Å². The average molecular weight is 345 g/mol. The Balaban J connectivity index is 1.66. The van der Waals surface area contributed by atoms with E-state index in [4.69, 9.17) is 9.15 Å². The fourth-order valence-electron chi connectivity index (χ4n) is 2.62. The van der Waals surface area contributed by atoms with Crippen molar-refractivity contribution < 1.29 is 9.15 Å². The summed E-state index contributed by atoms with van der Waals surface area (Å²) in [6.45, 7) is 0. The first-order valence-corrected chi connectivity index (χ1v) is 7.99. The van der Waals surface area contributed by atoms with E-state index in [1.54, 1.807) is 43.8 Å². The molecular weight excluding hydrogens is 330 g/mol. The van der Waals surface area contributed by atoms with Crippen LogP contribution in [0.15, 0.2) is 76.2 Å². The second-order valence-corrected chi connectivity index (χ2v) is 5.61. The van der Waals surface area contributed by atoms with E-state index < -0.39 is 0 Å². The first-order chi connectivity index (χ1) is 12.7. The average Bonchev–Trinajstić information content (AvgIpc) is 2.69. The maximum atomic E-state index is 12.4. The molecule has 0 saturated carbocycles. The third-order valence-electron chi connectivity index (χ3n) is 3.93. The molecule has 0 aliphatic heterocycles. The van der Waals surface area contributed by atoms with Gasteiger partial charge in [0.1, 0.15) is 17.1 Å². The summed E-state index contributed by atoms with van der Waals surface area (Å²) < 4.78 is 11.0. The first kappa shape index (κ1) is 15.8. The van der Waals surface area contributed by atoms with Gasteiger partial charge >= 0.3 is 0 Å². The van der Waals surface area contributed by atoms with Gasteiger partial charge in [-0.25, -0.2) is 9.97 Å². The molecule has 0 radical (unpaired) electrons. The van der Waals surface area contributed by atoms with Crippen LogP contribution in [0.25, 0.3) is 22.3 Å². The van der Waals surface area contributed by atoms with Gasteiger partial charge in [0.25, 0.3) is 0 Å². The summed E-state index contributed by atoms with van der Waals surface area (Å²) in [4.78, 5) is 20.6. The predicted octanol–water partition coefficient (Wildman–Crippen LogP) is 4.00. The second kappa shape index (κ2) is 6.68. The summed E-state index contributed by atoms with van der Waals surface area (Å²) >= 11 is 0. The van der Waals surface area contributed by atoms with E-state index in [0.717, 1.165) is 11.3 Å². The lowest BCUT2D eigenvalue weighted by Gasteiger charge is -2.07.